The second-order valence-corrected chi connectivity index (χ2v) is 7.52. The lowest BCUT2D eigenvalue weighted by Gasteiger charge is -2.11. The summed E-state index contributed by atoms with van der Waals surface area (Å²) in [5, 5.41) is 2.94. The maximum Gasteiger partial charge on any atom is 0.154 e. The van der Waals surface area contributed by atoms with Crippen LogP contribution in [-0.2, 0) is 16.4 Å². The first-order valence-electron chi connectivity index (χ1n) is 6.45. The van der Waals surface area contributed by atoms with Crippen molar-refractivity contribution in [1.82, 2.24) is 9.88 Å². The van der Waals surface area contributed by atoms with E-state index >= 15 is 0 Å². The number of hydrogen-bond donors (Lipinski definition) is 1. The van der Waals surface area contributed by atoms with Gasteiger partial charge in [0.25, 0.3) is 0 Å². The fraction of sp³-hybridized carbons (Fsp3) is 0.692. The minimum absolute atomic E-state index is 0.204. The lowest BCUT2D eigenvalue weighted by atomic mass is 10.1. The van der Waals surface area contributed by atoms with Crippen molar-refractivity contribution >= 4 is 9.84 Å². The molecular weight excluding hydrogens is 248 g/mol. The van der Waals surface area contributed by atoms with Crippen LogP contribution in [0.25, 0.3) is 0 Å². The molecule has 1 aromatic heterocycles. The van der Waals surface area contributed by atoms with E-state index in [1.54, 1.807) is 13.8 Å². The van der Waals surface area contributed by atoms with Gasteiger partial charge in [-0.25, -0.2) is 8.42 Å². The van der Waals surface area contributed by atoms with E-state index in [1.165, 1.54) is 5.56 Å². The van der Waals surface area contributed by atoms with Gasteiger partial charge in [-0.15, -0.1) is 0 Å². The second-order valence-electron chi connectivity index (χ2n) is 4.85. The molecule has 1 atom stereocenters. The molecule has 18 heavy (non-hydrogen) atoms. The van der Waals surface area contributed by atoms with Crippen molar-refractivity contribution in [3.05, 3.63) is 24.0 Å². The van der Waals surface area contributed by atoms with Crippen LogP contribution in [0.4, 0.5) is 0 Å². The van der Waals surface area contributed by atoms with Gasteiger partial charge in [-0.2, -0.15) is 0 Å². The van der Waals surface area contributed by atoms with Crippen molar-refractivity contribution in [2.75, 3.05) is 12.8 Å². The maximum absolute atomic E-state index is 11.7. The topological polar surface area (TPSA) is 51.1 Å². The van der Waals surface area contributed by atoms with Crippen molar-refractivity contribution in [1.29, 1.82) is 0 Å². The fourth-order valence-corrected chi connectivity index (χ4v) is 2.82. The van der Waals surface area contributed by atoms with E-state index in [0.717, 1.165) is 6.42 Å². The molecule has 5 heteroatoms. The van der Waals surface area contributed by atoms with Crippen LogP contribution in [0, 0.1) is 0 Å². The van der Waals surface area contributed by atoms with Crippen LogP contribution in [0.3, 0.4) is 0 Å². The first kappa shape index (κ1) is 15.2. The van der Waals surface area contributed by atoms with E-state index in [1.807, 2.05) is 30.1 Å². The molecule has 0 saturated carbocycles. The van der Waals surface area contributed by atoms with E-state index in [0.29, 0.717) is 12.6 Å². The SMILES string of the molecule is CCC(NC)c1ccn(CCS(=O)(=O)C(C)C)c1. The molecule has 1 aromatic rings. The largest absolute Gasteiger partial charge is 0.353 e. The number of nitrogens with zero attached hydrogens (tertiary/aromatic N) is 1. The summed E-state index contributed by atoms with van der Waals surface area (Å²) in [5.74, 6) is 0.204. The predicted octanol–water partition coefficient (Wildman–Crippen LogP) is 1.98. The monoisotopic (exact) mass is 272 g/mol. The third kappa shape index (κ3) is 3.85. The summed E-state index contributed by atoms with van der Waals surface area (Å²) in [6.45, 7) is 6.11. The first-order valence-corrected chi connectivity index (χ1v) is 8.16. The molecule has 0 aromatic carbocycles. The van der Waals surface area contributed by atoms with Crippen LogP contribution in [0.15, 0.2) is 18.5 Å². The van der Waals surface area contributed by atoms with Crippen molar-refractivity contribution in [2.45, 2.75) is 45.0 Å². The zero-order valence-electron chi connectivity index (χ0n) is 11.7. The second kappa shape index (κ2) is 6.38. The van der Waals surface area contributed by atoms with Crippen molar-refractivity contribution in [3.8, 4) is 0 Å². The molecule has 1 N–H and O–H groups in total. The van der Waals surface area contributed by atoms with E-state index < -0.39 is 9.84 Å². The Morgan fingerprint density at radius 1 is 1.39 bits per heavy atom. The Balaban J connectivity index is 2.65. The van der Waals surface area contributed by atoms with Gasteiger partial charge in [-0.3, -0.25) is 0 Å². The van der Waals surface area contributed by atoms with E-state index in [9.17, 15) is 8.42 Å². The summed E-state index contributed by atoms with van der Waals surface area (Å²) in [6.07, 6.45) is 5.00. The van der Waals surface area contributed by atoms with Crippen LogP contribution in [0.1, 0.15) is 38.8 Å². The van der Waals surface area contributed by atoms with Crippen LogP contribution in [-0.4, -0.2) is 31.0 Å². The Hall–Kier alpha value is -0.810. The highest BCUT2D eigenvalue weighted by Crippen LogP contribution is 2.16. The Morgan fingerprint density at radius 3 is 2.56 bits per heavy atom. The number of aryl methyl sites for hydroxylation is 1. The van der Waals surface area contributed by atoms with Gasteiger partial charge in [0.05, 0.1) is 11.0 Å². The Bertz CT molecular complexity index is 459. The highest BCUT2D eigenvalue weighted by Gasteiger charge is 2.16. The summed E-state index contributed by atoms with van der Waals surface area (Å²) in [7, 11) is -1.02. The molecule has 1 rings (SSSR count). The first-order chi connectivity index (χ1) is 8.40. The standard InChI is InChI=1S/C13H24N2O2S/c1-5-13(14-4)12-6-7-15(10-12)8-9-18(16,17)11(2)3/h6-7,10-11,13-14H,5,8-9H2,1-4H3. The van der Waals surface area contributed by atoms with Gasteiger partial charge < -0.3 is 9.88 Å². The molecule has 0 aliphatic rings. The Morgan fingerprint density at radius 2 is 2.06 bits per heavy atom. The van der Waals surface area contributed by atoms with Crippen LogP contribution >= 0.6 is 0 Å². The molecule has 0 spiro atoms. The molecular formula is C13H24N2O2S. The van der Waals surface area contributed by atoms with Crippen molar-refractivity contribution < 1.29 is 8.42 Å². The van der Waals surface area contributed by atoms with Gasteiger partial charge in [-0.05, 0) is 38.9 Å². The zero-order chi connectivity index (χ0) is 13.8. The normalized spacial score (nSPS) is 14.1. The summed E-state index contributed by atoms with van der Waals surface area (Å²) in [6, 6.07) is 2.39. The van der Waals surface area contributed by atoms with Gasteiger partial charge in [0.15, 0.2) is 9.84 Å². The molecule has 104 valence electrons. The maximum atomic E-state index is 11.7. The van der Waals surface area contributed by atoms with Gasteiger partial charge in [0.2, 0.25) is 0 Å². The number of hydrogen-bond acceptors (Lipinski definition) is 3. The number of nitrogens with one attached hydrogen (secondary N) is 1. The summed E-state index contributed by atoms with van der Waals surface area (Å²) < 4.78 is 25.4. The minimum Gasteiger partial charge on any atom is -0.353 e. The average molecular weight is 272 g/mol. The Labute approximate surface area is 110 Å². The third-order valence-corrected chi connectivity index (χ3v) is 5.47. The molecule has 0 fully saturated rings. The molecule has 1 heterocycles. The van der Waals surface area contributed by atoms with Crippen LogP contribution in [0.5, 0.6) is 0 Å². The van der Waals surface area contributed by atoms with Gasteiger partial charge >= 0.3 is 0 Å². The molecule has 4 nitrogen and oxygen atoms in total. The zero-order valence-corrected chi connectivity index (χ0v) is 12.5. The molecule has 0 aliphatic carbocycles. The number of aromatic nitrogens is 1. The highest BCUT2D eigenvalue weighted by molar-refractivity contribution is 7.91. The van der Waals surface area contributed by atoms with Crippen LogP contribution < -0.4 is 5.32 Å². The predicted molar refractivity (Wildman–Crippen MR) is 75.4 cm³/mol. The third-order valence-electron chi connectivity index (χ3n) is 3.28. The molecule has 0 radical (unpaired) electrons. The lowest BCUT2D eigenvalue weighted by Crippen LogP contribution is -2.20. The molecule has 0 saturated heterocycles. The Kier molecular flexibility index (Phi) is 5.41. The van der Waals surface area contributed by atoms with Gasteiger partial charge in [-0.1, -0.05) is 6.92 Å². The fourth-order valence-electron chi connectivity index (χ4n) is 1.88. The number of rotatable bonds is 7. The van der Waals surface area contributed by atoms with E-state index in [4.69, 9.17) is 0 Å². The summed E-state index contributed by atoms with van der Waals surface area (Å²) >= 11 is 0. The van der Waals surface area contributed by atoms with Crippen LogP contribution in [0.2, 0.25) is 0 Å². The minimum atomic E-state index is -2.95. The van der Waals surface area contributed by atoms with Crippen molar-refractivity contribution in [2.24, 2.45) is 0 Å². The summed E-state index contributed by atoms with van der Waals surface area (Å²) in [4.78, 5) is 0. The average Bonchev–Trinajstić information content (AvgIpc) is 2.77. The summed E-state index contributed by atoms with van der Waals surface area (Å²) in [5.41, 5.74) is 1.21. The lowest BCUT2D eigenvalue weighted by molar-refractivity contribution is 0.572. The van der Waals surface area contributed by atoms with Crippen molar-refractivity contribution in [3.63, 3.8) is 0 Å². The number of sulfone groups is 1. The molecule has 1 unspecified atom stereocenters. The van der Waals surface area contributed by atoms with E-state index in [2.05, 4.69) is 12.2 Å². The quantitative estimate of drug-likeness (QED) is 0.826. The van der Waals surface area contributed by atoms with Gasteiger partial charge in [0.1, 0.15) is 0 Å². The molecule has 0 amide bonds. The van der Waals surface area contributed by atoms with Gasteiger partial charge in [0, 0.05) is 25.0 Å². The van der Waals surface area contributed by atoms with E-state index in [-0.39, 0.29) is 11.0 Å². The smallest absolute Gasteiger partial charge is 0.154 e. The molecule has 0 aliphatic heterocycles. The molecule has 0 bridgehead atoms. The highest BCUT2D eigenvalue weighted by atomic mass is 32.2.